The highest BCUT2D eigenvalue weighted by Crippen LogP contribution is 2.28. The van der Waals surface area contributed by atoms with Gasteiger partial charge < -0.3 is 20.3 Å². The van der Waals surface area contributed by atoms with E-state index < -0.39 is 0 Å². The van der Waals surface area contributed by atoms with Gasteiger partial charge in [-0.25, -0.2) is 0 Å². The standard InChI is InChI=1S/C21H21N5O2/c27-21(22-16-6-2-1-3-7-16)18-10-11-20(25-24-18)23-17-8-4-5-9-19(17)26-12-14-28-15-13-26/h1-11H,12-15H2,(H,22,27)(H,23,25). The lowest BCUT2D eigenvalue weighted by molar-refractivity contribution is 0.102. The van der Waals surface area contributed by atoms with E-state index in [1.807, 2.05) is 48.5 Å². The van der Waals surface area contributed by atoms with E-state index >= 15 is 0 Å². The Kier molecular flexibility index (Phi) is 5.44. The van der Waals surface area contributed by atoms with Crippen LogP contribution in [0.3, 0.4) is 0 Å². The van der Waals surface area contributed by atoms with Crippen molar-refractivity contribution in [1.29, 1.82) is 0 Å². The molecule has 1 aliphatic heterocycles. The second kappa shape index (κ2) is 8.49. The van der Waals surface area contributed by atoms with Crippen molar-refractivity contribution in [1.82, 2.24) is 10.2 Å². The van der Waals surface area contributed by atoms with Gasteiger partial charge in [0.05, 0.1) is 24.6 Å². The third-order valence-corrected chi connectivity index (χ3v) is 4.45. The van der Waals surface area contributed by atoms with Crippen molar-refractivity contribution in [3.8, 4) is 0 Å². The molecule has 2 heterocycles. The molecule has 0 radical (unpaired) electrons. The molecule has 1 aromatic heterocycles. The fourth-order valence-electron chi connectivity index (χ4n) is 3.03. The number of carbonyl (C=O) groups excluding carboxylic acids is 1. The van der Waals surface area contributed by atoms with Crippen molar-refractivity contribution in [3.63, 3.8) is 0 Å². The first-order chi connectivity index (χ1) is 13.8. The van der Waals surface area contributed by atoms with Crippen LogP contribution >= 0.6 is 0 Å². The van der Waals surface area contributed by atoms with Gasteiger partial charge >= 0.3 is 0 Å². The van der Waals surface area contributed by atoms with E-state index in [0.717, 1.165) is 43.4 Å². The maximum absolute atomic E-state index is 12.3. The van der Waals surface area contributed by atoms with Gasteiger partial charge in [0.25, 0.3) is 5.91 Å². The Labute approximate surface area is 163 Å². The van der Waals surface area contributed by atoms with E-state index in [2.05, 4.69) is 31.8 Å². The van der Waals surface area contributed by atoms with E-state index in [1.165, 1.54) is 0 Å². The number of benzene rings is 2. The second-order valence-electron chi connectivity index (χ2n) is 6.37. The van der Waals surface area contributed by atoms with Gasteiger partial charge in [0.1, 0.15) is 0 Å². The Morgan fingerprint density at radius 1 is 0.893 bits per heavy atom. The molecule has 1 aliphatic rings. The average molecular weight is 375 g/mol. The van der Waals surface area contributed by atoms with Crippen LogP contribution in [0.1, 0.15) is 10.5 Å². The lowest BCUT2D eigenvalue weighted by atomic mass is 10.2. The smallest absolute Gasteiger partial charge is 0.276 e. The molecule has 1 amide bonds. The minimum atomic E-state index is -0.293. The molecule has 3 aromatic rings. The van der Waals surface area contributed by atoms with Crippen molar-refractivity contribution < 1.29 is 9.53 Å². The first-order valence-electron chi connectivity index (χ1n) is 9.18. The molecule has 0 bridgehead atoms. The number of para-hydroxylation sites is 3. The second-order valence-corrected chi connectivity index (χ2v) is 6.37. The van der Waals surface area contributed by atoms with Crippen molar-refractivity contribution in [2.45, 2.75) is 0 Å². The van der Waals surface area contributed by atoms with Crippen molar-refractivity contribution in [3.05, 3.63) is 72.4 Å². The van der Waals surface area contributed by atoms with Crippen LogP contribution in [0.5, 0.6) is 0 Å². The summed E-state index contributed by atoms with van der Waals surface area (Å²) in [6.07, 6.45) is 0. The number of amides is 1. The maximum Gasteiger partial charge on any atom is 0.276 e. The number of nitrogens with one attached hydrogen (secondary N) is 2. The molecule has 7 nitrogen and oxygen atoms in total. The minimum Gasteiger partial charge on any atom is -0.378 e. The van der Waals surface area contributed by atoms with Crippen LogP contribution in [0.15, 0.2) is 66.7 Å². The van der Waals surface area contributed by atoms with Gasteiger partial charge in [0, 0.05) is 18.8 Å². The molecular weight excluding hydrogens is 354 g/mol. The molecule has 0 spiro atoms. The predicted octanol–water partition coefficient (Wildman–Crippen LogP) is 3.31. The van der Waals surface area contributed by atoms with Gasteiger partial charge in [-0.05, 0) is 36.4 Å². The van der Waals surface area contributed by atoms with Crippen molar-refractivity contribution >= 4 is 28.8 Å². The summed E-state index contributed by atoms with van der Waals surface area (Å²) in [7, 11) is 0. The van der Waals surface area contributed by atoms with Crippen LogP contribution in [-0.4, -0.2) is 42.4 Å². The molecule has 2 N–H and O–H groups in total. The highest BCUT2D eigenvalue weighted by Gasteiger charge is 2.15. The minimum absolute atomic E-state index is 0.260. The van der Waals surface area contributed by atoms with E-state index in [4.69, 9.17) is 4.74 Å². The van der Waals surface area contributed by atoms with Crippen LogP contribution in [0.4, 0.5) is 22.9 Å². The zero-order valence-electron chi connectivity index (χ0n) is 15.3. The number of carbonyl (C=O) groups is 1. The molecule has 1 saturated heterocycles. The topological polar surface area (TPSA) is 79.4 Å². The van der Waals surface area contributed by atoms with E-state index in [-0.39, 0.29) is 11.6 Å². The number of hydrogen-bond donors (Lipinski definition) is 2. The number of nitrogens with zero attached hydrogens (tertiary/aromatic N) is 3. The molecule has 0 atom stereocenters. The highest BCUT2D eigenvalue weighted by atomic mass is 16.5. The first kappa shape index (κ1) is 17.9. The Hall–Kier alpha value is -3.45. The van der Waals surface area contributed by atoms with Gasteiger partial charge in [0.2, 0.25) is 0 Å². The average Bonchev–Trinajstić information content (AvgIpc) is 2.76. The quantitative estimate of drug-likeness (QED) is 0.712. The summed E-state index contributed by atoms with van der Waals surface area (Å²) in [6, 6.07) is 20.7. The molecule has 4 rings (SSSR count). The number of anilines is 4. The molecule has 0 aliphatic carbocycles. The van der Waals surface area contributed by atoms with Crippen molar-refractivity contribution in [2.24, 2.45) is 0 Å². The number of ether oxygens (including phenoxy) is 1. The molecule has 142 valence electrons. The van der Waals surface area contributed by atoms with Gasteiger partial charge in [-0.3, -0.25) is 4.79 Å². The monoisotopic (exact) mass is 375 g/mol. The fourth-order valence-corrected chi connectivity index (χ4v) is 3.03. The molecule has 0 saturated carbocycles. The summed E-state index contributed by atoms with van der Waals surface area (Å²) in [5.74, 6) is 0.288. The number of hydrogen-bond acceptors (Lipinski definition) is 6. The van der Waals surface area contributed by atoms with Gasteiger partial charge in [-0.1, -0.05) is 30.3 Å². The van der Waals surface area contributed by atoms with Crippen LogP contribution < -0.4 is 15.5 Å². The fraction of sp³-hybridized carbons (Fsp3) is 0.190. The predicted molar refractivity (Wildman–Crippen MR) is 109 cm³/mol. The number of morpholine rings is 1. The summed E-state index contributed by atoms with van der Waals surface area (Å²) in [5.41, 5.74) is 3.02. The normalized spacial score (nSPS) is 13.8. The molecule has 1 fully saturated rings. The Bertz CT molecular complexity index is 925. The molecule has 0 unspecified atom stereocenters. The van der Waals surface area contributed by atoms with Gasteiger partial charge in [0.15, 0.2) is 11.5 Å². The SMILES string of the molecule is O=C(Nc1ccccc1)c1ccc(Nc2ccccc2N2CCOCC2)nn1. The summed E-state index contributed by atoms with van der Waals surface area (Å²) in [4.78, 5) is 14.6. The Balaban J connectivity index is 1.46. The number of rotatable bonds is 5. The van der Waals surface area contributed by atoms with Gasteiger partial charge in [-0.15, -0.1) is 10.2 Å². The first-order valence-corrected chi connectivity index (χ1v) is 9.18. The largest absolute Gasteiger partial charge is 0.378 e. The van der Waals surface area contributed by atoms with Gasteiger partial charge in [-0.2, -0.15) is 0 Å². The molecule has 7 heteroatoms. The molecular formula is C21H21N5O2. The lowest BCUT2D eigenvalue weighted by Gasteiger charge is -2.30. The lowest BCUT2D eigenvalue weighted by Crippen LogP contribution is -2.36. The van der Waals surface area contributed by atoms with E-state index in [1.54, 1.807) is 12.1 Å². The Morgan fingerprint density at radius 2 is 1.64 bits per heavy atom. The molecule has 28 heavy (non-hydrogen) atoms. The van der Waals surface area contributed by atoms with Crippen LogP contribution in [0.25, 0.3) is 0 Å². The highest BCUT2D eigenvalue weighted by molar-refractivity contribution is 6.02. The van der Waals surface area contributed by atoms with E-state index in [9.17, 15) is 4.79 Å². The third kappa shape index (κ3) is 4.27. The van der Waals surface area contributed by atoms with Crippen LogP contribution in [0.2, 0.25) is 0 Å². The van der Waals surface area contributed by atoms with Crippen molar-refractivity contribution in [2.75, 3.05) is 41.8 Å². The summed E-state index contributed by atoms with van der Waals surface area (Å²) in [6.45, 7) is 3.14. The summed E-state index contributed by atoms with van der Waals surface area (Å²) in [5, 5.41) is 14.3. The third-order valence-electron chi connectivity index (χ3n) is 4.45. The summed E-state index contributed by atoms with van der Waals surface area (Å²) >= 11 is 0. The number of aromatic nitrogens is 2. The molecule has 2 aromatic carbocycles. The van der Waals surface area contributed by atoms with Crippen LogP contribution in [-0.2, 0) is 4.74 Å². The summed E-state index contributed by atoms with van der Waals surface area (Å²) < 4.78 is 5.44. The van der Waals surface area contributed by atoms with E-state index in [0.29, 0.717) is 5.82 Å². The maximum atomic E-state index is 12.3. The zero-order chi connectivity index (χ0) is 19.2. The van der Waals surface area contributed by atoms with Crippen LogP contribution in [0, 0.1) is 0 Å². The Morgan fingerprint density at radius 3 is 2.39 bits per heavy atom. The zero-order valence-corrected chi connectivity index (χ0v) is 15.3.